The molecule has 8 heteroatoms. The molecule has 2 unspecified atom stereocenters. The van der Waals surface area contributed by atoms with Gasteiger partial charge in [-0.3, -0.25) is 19.7 Å². The molecule has 144 valence electrons. The molecule has 0 saturated carbocycles. The maximum absolute atomic E-state index is 13.4. The summed E-state index contributed by atoms with van der Waals surface area (Å²) in [6, 6.07) is 9.03. The van der Waals surface area contributed by atoms with Gasteiger partial charge >= 0.3 is 0 Å². The van der Waals surface area contributed by atoms with E-state index in [0.29, 0.717) is 0 Å². The highest BCUT2D eigenvalue weighted by Gasteiger charge is 2.73. The number of hydrogen-bond acceptors (Lipinski definition) is 6. The van der Waals surface area contributed by atoms with Gasteiger partial charge in [0.25, 0.3) is 11.5 Å². The Bertz CT molecular complexity index is 1060. The van der Waals surface area contributed by atoms with Crippen LogP contribution in [0.3, 0.4) is 0 Å². The zero-order chi connectivity index (χ0) is 20.4. The van der Waals surface area contributed by atoms with E-state index < -0.39 is 33.6 Å². The Hall–Kier alpha value is -3.26. The topological polar surface area (TPSA) is 119 Å². The summed E-state index contributed by atoms with van der Waals surface area (Å²) >= 11 is 0. The molecule has 1 aliphatic heterocycles. The maximum Gasteiger partial charge on any atom is 0.280 e. The molecule has 0 saturated heterocycles. The van der Waals surface area contributed by atoms with Crippen molar-refractivity contribution in [1.29, 1.82) is 0 Å². The van der Waals surface area contributed by atoms with Gasteiger partial charge in [-0.05, 0) is 17.5 Å². The number of hydrogen-bond donors (Lipinski definition) is 2. The number of benzene rings is 2. The average Bonchev–Trinajstić information content (AvgIpc) is 2.97. The molecule has 2 aromatic carbocycles. The first-order chi connectivity index (χ1) is 13.1. The van der Waals surface area contributed by atoms with Crippen molar-refractivity contribution in [2.45, 2.75) is 38.0 Å². The van der Waals surface area contributed by atoms with Gasteiger partial charge in [-0.15, -0.1) is 0 Å². The predicted molar refractivity (Wildman–Crippen MR) is 98.0 cm³/mol. The first-order valence-electron chi connectivity index (χ1n) is 8.80. The zero-order valence-electron chi connectivity index (χ0n) is 15.5. The van der Waals surface area contributed by atoms with Crippen LogP contribution in [-0.4, -0.2) is 21.7 Å². The van der Waals surface area contributed by atoms with Crippen molar-refractivity contribution >= 4 is 17.4 Å². The third kappa shape index (κ3) is 2.03. The Morgan fingerprint density at radius 2 is 2.00 bits per heavy atom. The monoisotopic (exact) mass is 382 g/mol. The normalized spacial score (nSPS) is 24.4. The highest BCUT2D eigenvalue weighted by molar-refractivity contribution is 6.13. The SMILES string of the molecule is CC(=O)NC12C(=O)c3cccc([N+](=O)[O-])c3C1(O)Oc1cc(C(C)C)ccc12. The van der Waals surface area contributed by atoms with E-state index in [9.17, 15) is 24.8 Å². The van der Waals surface area contributed by atoms with Gasteiger partial charge in [0, 0.05) is 24.1 Å². The third-order valence-corrected chi connectivity index (χ3v) is 5.37. The molecule has 1 aliphatic carbocycles. The molecule has 1 amide bonds. The number of aliphatic hydroxyl groups is 1. The summed E-state index contributed by atoms with van der Waals surface area (Å²) < 4.78 is 5.82. The molecule has 0 radical (unpaired) electrons. The molecule has 1 heterocycles. The summed E-state index contributed by atoms with van der Waals surface area (Å²) in [5.74, 6) is -3.30. The Kier molecular flexibility index (Phi) is 3.64. The summed E-state index contributed by atoms with van der Waals surface area (Å²) in [5.41, 5.74) is -1.57. The third-order valence-electron chi connectivity index (χ3n) is 5.37. The zero-order valence-corrected chi connectivity index (χ0v) is 15.5. The number of nitrogens with zero attached hydrogens (tertiary/aromatic N) is 1. The minimum atomic E-state index is -2.42. The van der Waals surface area contributed by atoms with Crippen LogP contribution < -0.4 is 10.1 Å². The minimum absolute atomic E-state index is 0.0518. The molecule has 8 nitrogen and oxygen atoms in total. The Labute approximate surface area is 160 Å². The quantitative estimate of drug-likeness (QED) is 0.622. The first kappa shape index (κ1) is 18.1. The fourth-order valence-corrected chi connectivity index (χ4v) is 4.14. The molecular formula is C20H18N2O6. The standard InChI is InChI=1S/C20H18N2O6/c1-10(2)12-7-8-14-16(9-12)28-20(25)17-13(5-4-6-15(17)22(26)27)18(24)19(14,20)21-11(3)23/h4-10,25H,1-3H3,(H,21,23). The number of nitrogens with one attached hydrogen (secondary N) is 1. The first-order valence-corrected chi connectivity index (χ1v) is 8.80. The van der Waals surface area contributed by atoms with Gasteiger partial charge in [0.2, 0.25) is 17.2 Å². The van der Waals surface area contributed by atoms with Gasteiger partial charge < -0.3 is 15.2 Å². The number of ketones is 1. The van der Waals surface area contributed by atoms with Crippen LogP contribution in [0.4, 0.5) is 5.69 Å². The molecule has 0 aromatic heterocycles. The fourth-order valence-electron chi connectivity index (χ4n) is 4.14. The van der Waals surface area contributed by atoms with Gasteiger partial charge in [-0.25, -0.2) is 0 Å². The Morgan fingerprint density at radius 1 is 1.29 bits per heavy atom. The van der Waals surface area contributed by atoms with E-state index in [2.05, 4.69) is 5.32 Å². The number of ether oxygens (including phenoxy) is 1. The molecule has 2 aliphatic rings. The van der Waals surface area contributed by atoms with E-state index >= 15 is 0 Å². The lowest BCUT2D eigenvalue weighted by atomic mass is 9.82. The van der Waals surface area contributed by atoms with Crippen molar-refractivity contribution < 1.29 is 24.4 Å². The van der Waals surface area contributed by atoms with Crippen LogP contribution in [0.2, 0.25) is 0 Å². The van der Waals surface area contributed by atoms with E-state index in [4.69, 9.17) is 4.74 Å². The number of carbonyl (C=O) groups is 2. The second kappa shape index (κ2) is 5.62. The summed E-state index contributed by atoms with van der Waals surface area (Å²) in [6.07, 6.45) is 0. The second-order valence-corrected chi connectivity index (χ2v) is 7.37. The number of nitro groups is 1. The van der Waals surface area contributed by atoms with E-state index in [-0.39, 0.29) is 28.4 Å². The highest BCUT2D eigenvalue weighted by atomic mass is 16.6. The lowest BCUT2D eigenvalue weighted by Gasteiger charge is -2.33. The fraction of sp³-hybridized carbons (Fsp3) is 0.300. The van der Waals surface area contributed by atoms with Crippen LogP contribution in [0, 0.1) is 10.1 Å². The van der Waals surface area contributed by atoms with Gasteiger partial charge in [0.05, 0.1) is 4.92 Å². The molecule has 0 spiro atoms. The van der Waals surface area contributed by atoms with Crippen LogP contribution in [0.1, 0.15) is 53.7 Å². The van der Waals surface area contributed by atoms with E-state index in [1.165, 1.54) is 25.1 Å². The van der Waals surface area contributed by atoms with Crippen molar-refractivity contribution in [1.82, 2.24) is 5.32 Å². The largest absolute Gasteiger partial charge is 0.454 e. The summed E-state index contributed by atoms with van der Waals surface area (Å²) in [5, 5.41) is 25.7. The average molecular weight is 382 g/mol. The van der Waals surface area contributed by atoms with Crippen molar-refractivity contribution in [3.05, 3.63) is 68.8 Å². The summed E-state index contributed by atoms with van der Waals surface area (Å²) in [7, 11) is 0. The van der Waals surface area contributed by atoms with Crippen molar-refractivity contribution in [3.63, 3.8) is 0 Å². The Balaban J connectivity index is 2.06. The minimum Gasteiger partial charge on any atom is -0.454 e. The van der Waals surface area contributed by atoms with Gasteiger partial charge in [-0.1, -0.05) is 38.1 Å². The number of Topliss-reactive ketones (excluding diaryl/α,β-unsaturated/α-hetero) is 1. The lowest BCUT2D eigenvalue weighted by molar-refractivity contribution is -0.388. The smallest absolute Gasteiger partial charge is 0.280 e. The number of rotatable bonds is 3. The number of amides is 1. The molecule has 2 atom stereocenters. The van der Waals surface area contributed by atoms with E-state index in [1.807, 2.05) is 13.8 Å². The van der Waals surface area contributed by atoms with Gasteiger partial charge in [0.15, 0.2) is 0 Å². The van der Waals surface area contributed by atoms with Gasteiger partial charge in [0.1, 0.15) is 11.3 Å². The molecule has 2 N–H and O–H groups in total. The van der Waals surface area contributed by atoms with Crippen molar-refractivity contribution in [2.75, 3.05) is 0 Å². The molecule has 0 fully saturated rings. The molecule has 2 aromatic rings. The van der Waals surface area contributed by atoms with Crippen LogP contribution >= 0.6 is 0 Å². The van der Waals surface area contributed by atoms with Crippen LogP contribution in [0.25, 0.3) is 0 Å². The van der Waals surface area contributed by atoms with Crippen molar-refractivity contribution in [3.8, 4) is 5.75 Å². The molecule has 4 rings (SSSR count). The number of carbonyl (C=O) groups excluding carboxylic acids is 2. The van der Waals surface area contributed by atoms with Crippen LogP contribution in [0.5, 0.6) is 5.75 Å². The molecule has 28 heavy (non-hydrogen) atoms. The molecule has 0 bridgehead atoms. The van der Waals surface area contributed by atoms with Crippen molar-refractivity contribution in [2.24, 2.45) is 0 Å². The van der Waals surface area contributed by atoms with Crippen LogP contribution in [0.15, 0.2) is 36.4 Å². The second-order valence-electron chi connectivity index (χ2n) is 7.37. The number of nitro benzene ring substituents is 1. The lowest BCUT2D eigenvalue weighted by Crippen LogP contribution is -2.59. The summed E-state index contributed by atoms with van der Waals surface area (Å²) in [4.78, 5) is 36.3. The van der Waals surface area contributed by atoms with E-state index in [0.717, 1.165) is 5.56 Å². The van der Waals surface area contributed by atoms with Gasteiger partial charge in [-0.2, -0.15) is 0 Å². The van der Waals surface area contributed by atoms with E-state index in [1.54, 1.807) is 18.2 Å². The predicted octanol–water partition coefficient (Wildman–Crippen LogP) is 2.48. The number of fused-ring (bicyclic) bond motifs is 5. The maximum atomic E-state index is 13.4. The summed E-state index contributed by atoms with van der Waals surface area (Å²) in [6.45, 7) is 5.16. The van der Waals surface area contributed by atoms with Crippen LogP contribution in [-0.2, 0) is 16.1 Å². The Morgan fingerprint density at radius 3 is 2.61 bits per heavy atom. The highest BCUT2D eigenvalue weighted by Crippen LogP contribution is 2.60. The molecular weight excluding hydrogens is 364 g/mol.